The van der Waals surface area contributed by atoms with Crippen LogP contribution in [-0.4, -0.2) is 4.57 Å². The van der Waals surface area contributed by atoms with Gasteiger partial charge < -0.3 is 4.57 Å². The van der Waals surface area contributed by atoms with E-state index in [1.165, 1.54) is 159 Å². The van der Waals surface area contributed by atoms with Crippen LogP contribution in [0.1, 0.15) is 25.0 Å². The van der Waals surface area contributed by atoms with Gasteiger partial charge in [0.05, 0.1) is 11.0 Å². The Labute approximate surface area is 453 Å². The van der Waals surface area contributed by atoms with Crippen molar-refractivity contribution >= 4 is 75.7 Å². The van der Waals surface area contributed by atoms with Crippen molar-refractivity contribution in [3.8, 4) is 72.4 Å². The Morgan fingerprint density at radius 1 is 0.231 bits per heavy atom. The zero-order valence-electron chi connectivity index (χ0n) is 43.4. The maximum atomic E-state index is 2.50. The van der Waals surface area contributed by atoms with E-state index in [0.717, 1.165) is 0 Å². The third-order valence-electron chi connectivity index (χ3n) is 17.4. The molecule has 78 heavy (non-hydrogen) atoms. The fourth-order valence-corrected chi connectivity index (χ4v) is 13.4. The minimum Gasteiger partial charge on any atom is -0.309 e. The van der Waals surface area contributed by atoms with Crippen LogP contribution < -0.4 is 0 Å². The Morgan fingerprint density at radius 2 is 0.641 bits per heavy atom. The molecular weight excluding hydrogens is 939 g/mol. The van der Waals surface area contributed by atoms with E-state index in [0.29, 0.717) is 0 Å². The minimum absolute atomic E-state index is 0.211. The Bertz CT molecular complexity index is 4750. The van der Waals surface area contributed by atoms with Gasteiger partial charge in [-0.3, -0.25) is 0 Å². The second-order valence-corrected chi connectivity index (χ2v) is 22.0. The third kappa shape index (κ3) is 6.81. The molecule has 16 rings (SSSR count). The van der Waals surface area contributed by atoms with Crippen LogP contribution in [-0.2, 0) is 5.41 Å². The van der Waals surface area contributed by atoms with Crippen molar-refractivity contribution in [3.05, 3.63) is 284 Å². The molecule has 15 aromatic rings. The number of hydrogen-bond acceptors (Lipinski definition) is 0. The van der Waals surface area contributed by atoms with Crippen LogP contribution >= 0.6 is 0 Å². The lowest BCUT2D eigenvalue weighted by Gasteiger charge is -2.23. The van der Waals surface area contributed by atoms with Crippen LogP contribution in [0.15, 0.2) is 273 Å². The summed E-state index contributed by atoms with van der Waals surface area (Å²) in [5.41, 5.74) is 21.0. The Balaban J connectivity index is 0.822. The molecule has 0 amide bonds. The van der Waals surface area contributed by atoms with Crippen LogP contribution in [0.5, 0.6) is 0 Å². The van der Waals surface area contributed by atoms with Gasteiger partial charge in [0.1, 0.15) is 0 Å². The van der Waals surface area contributed by atoms with E-state index in [-0.39, 0.29) is 5.41 Å². The SMILES string of the molecule is CC1(C)c2cc(-c3cccc4ccccc34)ccc2-c2ccc(-n3c4ccc(-c5ccc(-c6cc7ccccc7c7ccccc67)cc5)cc4c4cc(-c5ccc(-c6cc7ccccc7c7ccccc67)cc5)ccc43)cc21. The molecule has 14 aromatic carbocycles. The van der Waals surface area contributed by atoms with Gasteiger partial charge in [-0.05, 0) is 186 Å². The molecule has 0 saturated heterocycles. The molecule has 0 N–H and O–H groups in total. The maximum absolute atomic E-state index is 2.50. The highest BCUT2D eigenvalue weighted by molar-refractivity contribution is 6.16. The van der Waals surface area contributed by atoms with Crippen LogP contribution in [0, 0.1) is 0 Å². The van der Waals surface area contributed by atoms with Crippen molar-refractivity contribution in [1.29, 1.82) is 0 Å². The monoisotopic (exact) mass is 989 g/mol. The predicted octanol–water partition coefficient (Wildman–Crippen LogP) is 21.2. The lowest BCUT2D eigenvalue weighted by Crippen LogP contribution is -2.15. The second kappa shape index (κ2) is 17.1. The van der Waals surface area contributed by atoms with E-state index < -0.39 is 0 Å². The molecule has 0 unspecified atom stereocenters. The fraction of sp³-hybridized carbons (Fsp3) is 0.0390. The minimum atomic E-state index is -0.211. The van der Waals surface area contributed by atoms with Gasteiger partial charge in [0.15, 0.2) is 0 Å². The number of benzene rings is 14. The molecule has 1 aromatic heterocycles. The molecule has 1 aliphatic rings. The van der Waals surface area contributed by atoms with Gasteiger partial charge in [0, 0.05) is 21.9 Å². The maximum Gasteiger partial charge on any atom is 0.0541 e. The molecule has 0 spiro atoms. The Morgan fingerprint density at radius 3 is 1.19 bits per heavy atom. The van der Waals surface area contributed by atoms with Crippen molar-refractivity contribution in [2.24, 2.45) is 0 Å². The van der Waals surface area contributed by atoms with E-state index in [2.05, 4.69) is 291 Å². The van der Waals surface area contributed by atoms with Gasteiger partial charge in [-0.15, -0.1) is 0 Å². The Hall–Kier alpha value is -9.82. The van der Waals surface area contributed by atoms with Crippen LogP contribution in [0.3, 0.4) is 0 Å². The van der Waals surface area contributed by atoms with E-state index in [1.807, 2.05) is 0 Å². The van der Waals surface area contributed by atoms with Gasteiger partial charge in [0.2, 0.25) is 0 Å². The average molecular weight is 990 g/mol. The van der Waals surface area contributed by atoms with E-state index >= 15 is 0 Å². The molecule has 0 atom stereocenters. The normalized spacial score (nSPS) is 12.8. The Kier molecular flexibility index (Phi) is 9.75. The topological polar surface area (TPSA) is 4.93 Å². The molecule has 0 aliphatic heterocycles. The van der Waals surface area contributed by atoms with E-state index in [1.54, 1.807) is 0 Å². The molecular formula is C77H51N. The summed E-state index contributed by atoms with van der Waals surface area (Å²) in [6, 6.07) is 102. The molecule has 0 bridgehead atoms. The fourth-order valence-electron chi connectivity index (χ4n) is 13.4. The summed E-state index contributed by atoms with van der Waals surface area (Å²) in [4.78, 5) is 0. The van der Waals surface area contributed by atoms with Gasteiger partial charge >= 0.3 is 0 Å². The largest absolute Gasteiger partial charge is 0.309 e. The van der Waals surface area contributed by atoms with Crippen LogP contribution in [0.2, 0.25) is 0 Å². The standard InChI is InChI=1S/C77H51N/c1-77(2)73-46-57(60-25-13-17-50-14-3-6-18-59(50)60)34-38-67(73)68-39-37-58(47-74(68)77)78-75-40-35-53(48-26-30-51(31-27-48)69-44-55-15-4-7-19-61(55)63-21-9-11-23-65(63)69)42-71(75)72-43-54(36-41-76(72)78)49-28-32-52(33-29-49)70-45-56-16-5-8-20-62(56)64-22-10-12-24-66(64)70/h3-47H,1-2H3. The summed E-state index contributed by atoms with van der Waals surface area (Å²) >= 11 is 0. The highest BCUT2D eigenvalue weighted by Crippen LogP contribution is 2.51. The molecule has 1 aliphatic carbocycles. The van der Waals surface area contributed by atoms with E-state index in [4.69, 9.17) is 0 Å². The number of aromatic nitrogens is 1. The first-order chi connectivity index (χ1) is 38.4. The van der Waals surface area contributed by atoms with Crippen molar-refractivity contribution in [2.45, 2.75) is 19.3 Å². The van der Waals surface area contributed by atoms with Gasteiger partial charge in [-0.1, -0.05) is 232 Å². The lowest BCUT2D eigenvalue weighted by atomic mass is 9.81. The van der Waals surface area contributed by atoms with Gasteiger partial charge in [-0.2, -0.15) is 0 Å². The van der Waals surface area contributed by atoms with Crippen molar-refractivity contribution in [1.82, 2.24) is 4.57 Å². The summed E-state index contributed by atoms with van der Waals surface area (Å²) in [5.74, 6) is 0. The first kappa shape index (κ1) is 44.5. The number of hydrogen-bond donors (Lipinski definition) is 0. The number of rotatable bonds is 6. The number of nitrogens with zero attached hydrogens (tertiary/aromatic N) is 1. The first-order valence-electron chi connectivity index (χ1n) is 27.3. The summed E-state index contributed by atoms with van der Waals surface area (Å²) in [5, 5.41) is 15.2. The first-order valence-corrected chi connectivity index (χ1v) is 27.3. The summed E-state index contributed by atoms with van der Waals surface area (Å²) < 4.78 is 2.50. The van der Waals surface area contributed by atoms with Gasteiger partial charge in [0.25, 0.3) is 0 Å². The zero-order chi connectivity index (χ0) is 51.6. The van der Waals surface area contributed by atoms with Crippen molar-refractivity contribution in [2.75, 3.05) is 0 Å². The highest BCUT2D eigenvalue weighted by Gasteiger charge is 2.36. The molecule has 1 heterocycles. The predicted molar refractivity (Wildman–Crippen MR) is 333 cm³/mol. The highest BCUT2D eigenvalue weighted by atomic mass is 15.0. The zero-order valence-corrected chi connectivity index (χ0v) is 43.4. The van der Waals surface area contributed by atoms with E-state index in [9.17, 15) is 0 Å². The summed E-state index contributed by atoms with van der Waals surface area (Å²) in [6.07, 6.45) is 0. The van der Waals surface area contributed by atoms with Crippen molar-refractivity contribution in [3.63, 3.8) is 0 Å². The number of fused-ring (bicyclic) bond motifs is 13. The molecule has 0 saturated carbocycles. The smallest absolute Gasteiger partial charge is 0.0541 e. The third-order valence-corrected chi connectivity index (χ3v) is 17.4. The van der Waals surface area contributed by atoms with Gasteiger partial charge in [-0.25, -0.2) is 0 Å². The molecule has 0 radical (unpaired) electrons. The summed E-state index contributed by atoms with van der Waals surface area (Å²) in [7, 11) is 0. The second-order valence-electron chi connectivity index (χ2n) is 22.0. The average Bonchev–Trinajstić information content (AvgIpc) is 4.12. The van der Waals surface area contributed by atoms with Crippen LogP contribution in [0.4, 0.5) is 0 Å². The molecule has 1 heteroatoms. The molecule has 364 valence electrons. The molecule has 1 nitrogen and oxygen atoms in total. The van der Waals surface area contributed by atoms with Crippen LogP contribution in [0.25, 0.3) is 148 Å². The quantitative estimate of drug-likeness (QED) is 0.146. The summed E-state index contributed by atoms with van der Waals surface area (Å²) in [6.45, 7) is 4.81. The lowest BCUT2D eigenvalue weighted by molar-refractivity contribution is 0.660. The molecule has 0 fully saturated rings. The van der Waals surface area contributed by atoms with Crippen molar-refractivity contribution < 1.29 is 0 Å².